The molecule has 2 heterocycles. The maximum absolute atomic E-state index is 9.69. The minimum atomic E-state index is -0.595. The second-order valence-corrected chi connectivity index (χ2v) is 3.01. The smallest absolute Gasteiger partial charge is 0.138 e. The van der Waals surface area contributed by atoms with Crippen LogP contribution in [0.3, 0.4) is 0 Å². The van der Waals surface area contributed by atoms with Gasteiger partial charge in [0.25, 0.3) is 0 Å². The van der Waals surface area contributed by atoms with Gasteiger partial charge in [-0.1, -0.05) is 0 Å². The third-order valence-corrected chi connectivity index (χ3v) is 2.15. The highest BCUT2D eigenvalue weighted by Gasteiger charge is 2.26. The van der Waals surface area contributed by atoms with Crippen molar-refractivity contribution in [3.05, 3.63) is 24.2 Å². The molecule has 66 valence electrons. The summed E-state index contributed by atoms with van der Waals surface area (Å²) in [5.74, 6) is 0.599. The standard InChI is InChI=1S/C9H12O3/c10-9(7-3-1-5-11-7)8-4-2-6-12-8/h1,3,5,8-10H,2,4,6H2/t8-,9+/m0/s1. The van der Waals surface area contributed by atoms with Crippen molar-refractivity contribution in [3.8, 4) is 0 Å². The number of aliphatic hydroxyl groups is 1. The Hall–Kier alpha value is -0.800. The normalized spacial score (nSPS) is 25.9. The Morgan fingerprint density at radius 2 is 2.50 bits per heavy atom. The van der Waals surface area contributed by atoms with Crippen molar-refractivity contribution in [3.63, 3.8) is 0 Å². The zero-order valence-corrected chi connectivity index (χ0v) is 6.77. The summed E-state index contributed by atoms with van der Waals surface area (Å²) in [6.07, 6.45) is 2.84. The van der Waals surface area contributed by atoms with E-state index in [4.69, 9.17) is 9.15 Å². The molecule has 1 N–H and O–H groups in total. The average Bonchev–Trinajstić information content (AvgIpc) is 2.77. The fraction of sp³-hybridized carbons (Fsp3) is 0.556. The van der Waals surface area contributed by atoms with Crippen LogP contribution in [0.1, 0.15) is 24.7 Å². The fourth-order valence-electron chi connectivity index (χ4n) is 1.49. The van der Waals surface area contributed by atoms with Crippen molar-refractivity contribution in [2.24, 2.45) is 0 Å². The van der Waals surface area contributed by atoms with Gasteiger partial charge in [-0.15, -0.1) is 0 Å². The van der Waals surface area contributed by atoms with Gasteiger partial charge in [0.15, 0.2) is 0 Å². The van der Waals surface area contributed by atoms with Crippen molar-refractivity contribution < 1.29 is 14.3 Å². The maximum Gasteiger partial charge on any atom is 0.138 e. The molecule has 2 atom stereocenters. The van der Waals surface area contributed by atoms with E-state index in [1.54, 1.807) is 18.4 Å². The number of aliphatic hydroxyl groups excluding tert-OH is 1. The molecule has 1 saturated heterocycles. The van der Waals surface area contributed by atoms with Crippen LogP contribution in [0.2, 0.25) is 0 Å². The molecule has 0 unspecified atom stereocenters. The number of hydrogen-bond acceptors (Lipinski definition) is 3. The molecule has 1 aromatic heterocycles. The Morgan fingerprint density at radius 3 is 3.08 bits per heavy atom. The summed E-state index contributed by atoms with van der Waals surface area (Å²) in [7, 11) is 0. The minimum Gasteiger partial charge on any atom is -0.466 e. The van der Waals surface area contributed by atoms with Gasteiger partial charge in [0.1, 0.15) is 11.9 Å². The summed E-state index contributed by atoms with van der Waals surface area (Å²) in [5.41, 5.74) is 0. The number of rotatable bonds is 2. The molecule has 1 aliphatic rings. The first-order valence-electron chi connectivity index (χ1n) is 4.21. The van der Waals surface area contributed by atoms with E-state index in [0.29, 0.717) is 5.76 Å². The third-order valence-electron chi connectivity index (χ3n) is 2.15. The molecule has 0 aromatic carbocycles. The van der Waals surface area contributed by atoms with Gasteiger partial charge in [0.05, 0.1) is 12.4 Å². The van der Waals surface area contributed by atoms with Crippen LogP contribution in [0.25, 0.3) is 0 Å². The van der Waals surface area contributed by atoms with Crippen LogP contribution < -0.4 is 0 Å². The molecule has 0 spiro atoms. The van der Waals surface area contributed by atoms with Crippen molar-refractivity contribution in [2.45, 2.75) is 25.0 Å². The highest BCUT2D eigenvalue weighted by Crippen LogP contribution is 2.26. The van der Waals surface area contributed by atoms with Gasteiger partial charge in [-0.05, 0) is 25.0 Å². The summed E-state index contributed by atoms with van der Waals surface area (Å²) >= 11 is 0. The Balaban J connectivity index is 2.04. The van der Waals surface area contributed by atoms with Crippen LogP contribution in [-0.4, -0.2) is 17.8 Å². The quantitative estimate of drug-likeness (QED) is 0.727. The lowest BCUT2D eigenvalue weighted by Gasteiger charge is -2.14. The summed E-state index contributed by atoms with van der Waals surface area (Å²) in [6.45, 7) is 0.752. The summed E-state index contributed by atoms with van der Waals surface area (Å²) < 4.78 is 10.4. The topological polar surface area (TPSA) is 42.6 Å². The van der Waals surface area contributed by atoms with Crippen molar-refractivity contribution >= 4 is 0 Å². The predicted molar refractivity (Wildman–Crippen MR) is 42.6 cm³/mol. The highest BCUT2D eigenvalue weighted by molar-refractivity contribution is 5.04. The SMILES string of the molecule is O[C@H](c1ccco1)[C@@H]1CCCO1. The van der Waals surface area contributed by atoms with E-state index in [0.717, 1.165) is 19.4 Å². The second-order valence-electron chi connectivity index (χ2n) is 3.01. The van der Waals surface area contributed by atoms with E-state index in [1.165, 1.54) is 0 Å². The first-order chi connectivity index (χ1) is 5.88. The molecule has 3 heteroatoms. The van der Waals surface area contributed by atoms with Crippen LogP contribution in [0.5, 0.6) is 0 Å². The number of hydrogen-bond donors (Lipinski definition) is 1. The first kappa shape index (κ1) is 7.83. The van der Waals surface area contributed by atoms with E-state index in [9.17, 15) is 5.11 Å². The van der Waals surface area contributed by atoms with Crippen molar-refractivity contribution in [1.29, 1.82) is 0 Å². The molecule has 1 aliphatic heterocycles. The van der Waals surface area contributed by atoms with E-state index in [2.05, 4.69) is 0 Å². The molecule has 3 nitrogen and oxygen atoms in total. The molecule has 0 saturated carbocycles. The van der Waals surface area contributed by atoms with Gasteiger partial charge in [-0.3, -0.25) is 0 Å². The van der Waals surface area contributed by atoms with Crippen LogP contribution in [0.15, 0.2) is 22.8 Å². The van der Waals surface area contributed by atoms with Gasteiger partial charge in [-0.25, -0.2) is 0 Å². The Morgan fingerprint density at radius 1 is 1.58 bits per heavy atom. The van der Waals surface area contributed by atoms with Crippen LogP contribution in [0, 0.1) is 0 Å². The molecule has 0 radical (unpaired) electrons. The first-order valence-corrected chi connectivity index (χ1v) is 4.21. The van der Waals surface area contributed by atoms with Gasteiger partial charge >= 0.3 is 0 Å². The van der Waals surface area contributed by atoms with E-state index in [-0.39, 0.29) is 6.10 Å². The van der Waals surface area contributed by atoms with Crippen LogP contribution >= 0.6 is 0 Å². The summed E-state index contributed by atoms with van der Waals surface area (Å²) in [6, 6.07) is 3.54. The number of furan rings is 1. The third kappa shape index (κ3) is 1.38. The fourth-order valence-corrected chi connectivity index (χ4v) is 1.49. The van der Waals surface area contributed by atoms with Gasteiger partial charge in [0.2, 0.25) is 0 Å². The van der Waals surface area contributed by atoms with Crippen LogP contribution in [-0.2, 0) is 4.74 Å². The molecule has 12 heavy (non-hydrogen) atoms. The van der Waals surface area contributed by atoms with Gasteiger partial charge in [0, 0.05) is 6.61 Å². The lowest BCUT2D eigenvalue weighted by molar-refractivity contribution is -0.0131. The monoisotopic (exact) mass is 168 g/mol. The lowest BCUT2D eigenvalue weighted by Crippen LogP contribution is -2.16. The van der Waals surface area contributed by atoms with E-state index in [1.807, 2.05) is 0 Å². The molecule has 1 fully saturated rings. The molecule has 1 aromatic rings. The molecule has 0 aliphatic carbocycles. The van der Waals surface area contributed by atoms with E-state index >= 15 is 0 Å². The zero-order chi connectivity index (χ0) is 8.39. The summed E-state index contributed by atoms with van der Waals surface area (Å²) in [5, 5.41) is 9.69. The zero-order valence-electron chi connectivity index (χ0n) is 6.77. The Labute approximate surface area is 71.0 Å². The predicted octanol–water partition coefficient (Wildman–Crippen LogP) is 1.49. The maximum atomic E-state index is 9.69. The largest absolute Gasteiger partial charge is 0.466 e. The molecule has 0 amide bonds. The van der Waals surface area contributed by atoms with Crippen molar-refractivity contribution in [1.82, 2.24) is 0 Å². The summed E-state index contributed by atoms with van der Waals surface area (Å²) in [4.78, 5) is 0. The Kier molecular flexibility index (Phi) is 2.15. The van der Waals surface area contributed by atoms with Crippen LogP contribution in [0.4, 0.5) is 0 Å². The molecule has 2 rings (SSSR count). The van der Waals surface area contributed by atoms with Gasteiger partial charge < -0.3 is 14.3 Å². The second kappa shape index (κ2) is 3.29. The molecular weight excluding hydrogens is 156 g/mol. The van der Waals surface area contributed by atoms with Crippen molar-refractivity contribution in [2.75, 3.05) is 6.61 Å². The average molecular weight is 168 g/mol. The lowest BCUT2D eigenvalue weighted by atomic mass is 10.1. The Bertz CT molecular complexity index is 224. The molecular formula is C9H12O3. The van der Waals surface area contributed by atoms with Gasteiger partial charge in [-0.2, -0.15) is 0 Å². The highest BCUT2D eigenvalue weighted by atomic mass is 16.5. The van der Waals surface area contributed by atoms with E-state index < -0.39 is 6.10 Å². The minimum absolute atomic E-state index is 0.0730. The number of ether oxygens (including phenoxy) is 1. The molecule has 0 bridgehead atoms.